The van der Waals surface area contributed by atoms with Crippen LogP contribution < -0.4 is 0 Å². The van der Waals surface area contributed by atoms with Gasteiger partial charge in [0.2, 0.25) is 0 Å². The van der Waals surface area contributed by atoms with E-state index in [0.717, 1.165) is 5.56 Å². The van der Waals surface area contributed by atoms with Crippen LogP contribution in [0.3, 0.4) is 0 Å². The van der Waals surface area contributed by atoms with E-state index >= 15 is 0 Å². The van der Waals surface area contributed by atoms with Gasteiger partial charge in [-0.15, -0.1) is 0 Å². The second kappa shape index (κ2) is 4.61. The molecule has 0 aliphatic heterocycles. The van der Waals surface area contributed by atoms with Gasteiger partial charge in [-0.3, -0.25) is 0 Å². The lowest BCUT2D eigenvalue weighted by Gasteiger charge is -2.13. The Hall–Kier alpha value is -0.570. The van der Waals surface area contributed by atoms with E-state index in [1.165, 1.54) is 0 Å². The third-order valence-electron chi connectivity index (χ3n) is 1.91. The number of aliphatic hydroxyl groups is 2. The fraction of sp³-hybridized carbons (Fsp3) is 0.400. The quantitative estimate of drug-likeness (QED) is 0.779. The van der Waals surface area contributed by atoms with E-state index in [0.29, 0.717) is 11.4 Å². The Labute approximate surface area is 82.8 Å². The lowest BCUT2D eigenvalue weighted by molar-refractivity contribution is 0.0320. The highest BCUT2D eigenvalue weighted by atomic mass is 35.5. The molecule has 0 aliphatic rings. The van der Waals surface area contributed by atoms with Crippen LogP contribution in [0.2, 0.25) is 5.02 Å². The molecule has 1 aromatic carbocycles. The molecular formula is C10H13ClO2. The summed E-state index contributed by atoms with van der Waals surface area (Å²) in [5, 5.41) is 19.1. The van der Waals surface area contributed by atoms with Crippen LogP contribution in [-0.2, 0) is 6.42 Å². The third kappa shape index (κ3) is 3.35. The first-order chi connectivity index (χ1) is 6.09. The Morgan fingerprint density at radius 1 is 1.23 bits per heavy atom. The zero-order valence-corrected chi connectivity index (χ0v) is 8.20. The summed E-state index contributed by atoms with van der Waals surface area (Å²) in [5.74, 6) is 0. The number of benzene rings is 1. The predicted molar refractivity (Wildman–Crippen MR) is 52.8 cm³/mol. The van der Waals surface area contributed by atoms with E-state index in [2.05, 4.69) is 0 Å². The molecule has 2 unspecified atom stereocenters. The molecule has 0 saturated carbocycles. The van der Waals surface area contributed by atoms with Crippen molar-refractivity contribution in [3.8, 4) is 0 Å². The molecule has 0 amide bonds. The van der Waals surface area contributed by atoms with Crippen LogP contribution in [0.4, 0.5) is 0 Å². The van der Waals surface area contributed by atoms with Gasteiger partial charge in [0.1, 0.15) is 0 Å². The smallest absolute Gasteiger partial charge is 0.0836 e. The molecule has 0 heterocycles. The van der Waals surface area contributed by atoms with Crippen molar-refractivity contribution in [2.75, 3.05) is 0 Å². The summed E-state index contributed by atoms with van der Waals surface area (Å²) in [4.78, 5) is 0. The zero-order chi connectivity index (χ0) is 9.84. The van der Waals surface area contributed by atoms with Crippen molar-refractivity contribution < 1.29 is 10.2 Å². The number of rotatable bonds is 3. The Kier molecular flexibility index (Phi) is 3.72. The van der Waals surface area contributed by atoms with Crippen LogP contribution in [-0.4, -0.2) is 22.4 Å². The average Bonchev–Trinajstić information content (AvgIpc) is 2.08. The van der Waals surface area contributed by atoms with Crippen molar-refractivity contribution in [1.82, 2.24) is 0 Å². The molecule has 72 valence electrons. The minimum atomic E-state index is -0.707. The van der Waals surface area contributed by atoms with E-state index < -0.39 is 12.2 Å². The average molecular weight is 201 g/mol. The maximum absolute atomic E-state index is 9.37. The summed E-state index contributed by atoms with van der Waals surface area (Å²) in [6, 6.07) is 7.22. The molecule has 0 radical (unpaired) electrons. The van der Waals surface area contributed by atoms with Gasteiger partial charge in [-0.05, 0) is 24.6 Å². The lowest BCUT2D eigenvalue weighted by Crippen LogP contribution is -2.24. The van der Waals surface area contributed by atoms with Gasteiger partial charge in [0.15, 0.2) is 0 Å². The highest BCUT2D eigenvalue weighted by Gasteiger charge is 2.10. The number of aliphatic hydroxyl groups excluding tert-OH is 2. The Bertz CT molecular complexity index is 256. The maximum atomic E-state index is 9.37. The Morgan fingerprint density at radius 3 is 2.23 bits per heavy atom. The molecule has 1 aromatic rings. The molecule has 2 atom stereocenters. The van der Waals surface area contributed by atoms with Crippen LogP contribution >= 0.6 is 11.6 Å². The lowest BCUT2D eigenvalue weighted by atomic mass is 10.1. The number of hydrogen-bond donors (Lipinski definition) is 2. The van der Waals surface area contributed by atoms with Crippen molar-refractivity contribution in [2.24, 2.45) is 0 Å². The molecule has 0 fully saturated rings. The van der Waals surface area contributed by atoms with Gasteiger partial charge in [-0.1, -0.05) is 23.7 Å². The standard InChI is InChI=1S/C10H13ClO2/c1-7(12)10(13)6-8-2-4-9(11)5-3-8/h2-5,7,10,12-13H,6H2,1H3. The minimum Gasteiger partial charge on any atom is -0.391 e. The number of hydrogen-bond acceptors (Lipinski definition) is 2. The van der Waals surface area contributed by atoms with Crippen molar-refractivity contribution in [3.05, 3.63) is 34.9 Å². The summed E-state index contributed by atoms with van der Waals surface area (Å²) in [5.41, 5.74) is 0.970. The van der Waals surface area contributed by atoms with Crippen LogP contribution in [0.1, 0.15) is 12.5 Å². The van der Waals surface area contributed by atoms with E-state index in [-0.39, 0.29) is 0 Å². The molecule has 0 aromatic heterocycles. The third-order valence-corrected chi connectivity index (χ3v) is 2.17. The molecule has 0 bridgehead atoms. The first kappa shape index (κ1) is 10.5. The van der Waals surface area contributed by atoms with Gasteiger partial charge < -0.3 is 10.2 Å². The van der Waals surface area contributed by atoms with Crippen molar-refractivity contribution in [1.29, 1.82) is 0 Å². The minimum absolute atomic E-state index is 0.453. The Morgan fingerprint density at radius 2 is 1.77 bits per heavy atom. The molecule has 0 saturated heterocycles. The molecule has 3 heteroatoms. The summed E-state index contributed by atoms with van der Waals surface area (Å²) in [6.07, 6.45) is -0.952. The molecule has 0 spiro atoms. The van der Waals surface area contributed by atoms with Crippen molar-refractivity contribution in [2.45, 2.75) is 25.6 Å². The van der Waals surface area contributed by atoms with Crippen molar-refractivity contribution >= 4 is 11.6 Å². The van der Waals surface area contributed by atoms with Gasteiger partial charge in [0.25, 0.3) is 0 Å². The van der Waals surface area contributed by atoms with E-state index in [1.54, 1.807) is 19.1 Å². The van der Waals surface area contributed by atoms with E-state index in [1.807, 2.05) is 12.1 Å². The summed E-state index contributed by atoms with van der Waals surface area (Å²) in [7, 11) is 0. The topological polar surface area (TPSA) is 40.5 Å². The molecular weight excluding hydrogens is 188 g/mol. The highest BCUT2D eigenvalue weighted by Crippen LogP contribution is 2.11. The molecule has 2 N–H and O–H groups in total. The largest absolute Gasteiger partial charge is 0.391 e. The highest BCUT2D eigenvalue weighted by molar-refractivity contribution is 6.30. The van der Waals surface area contributed by atoms with Crippen LogP contribution in [0.15, 0.2) is 24.3 Å². The van der Waals surface area contributed by atoms with Crippen LogP contribution in [0, 0.1) is 0 Å². The second-order valence-electron chi connectivity index (χ2n) is 3.14. The van der Waals surface area contributed by atoms with Gasteiger partial charge in [0, 0.05) is 11.4 Å². The van der Waals surface area contributed by atoms with Gasteiger partial charge in [-0.25, -0.2) is 0 Å². The number of halogens is 1. The predicted octanol–water partition coefficient (Wildman–Crippen LogP) is 1.62. The SMILES string of the molecule is CC(O)C(O)Cc1ccc(Cl)cc1. The first-order valence-electron chi connectivity index (χ1n) is 4.20. The van der Waals surface area contributed by atoms with E-state index in [4.69, 9.17) is 16.7 Å². The van der Waals surface area contributed by atoms with E-state index in [9.17, 15) is 5.11 Å². The van der Waals surface area contributed by atoms with Crippen LogP contribution in [0.5, 0.6) is 0 Å². The molecule has 1 rings (SSSR count). The van der Waals surface area contributed by atoms with Gasteiger partial charge in [0.05, 0.1) is 12.2 Å². The summed E-state index contributed by atoms with van der Waals surface area (Å²) in [6.45, 7) is 1.57. The molecule has 2 nitrogen and oxygen atoms in total. The van der Waals surface area contributed by atoms with Gasteiger partial charge in [-0.2, -0.15) is 0 Å². The van der Waals surface area contributed by atoms with Crippen molar-refractivity contribution in [3.63, 3.8) is 0 Å². The summed E-state index contributed by atoms with van der Waals surface area (Å²) < 4.78 is 0. The Balaban J connectivity index is 2.59. The van der Waals surface area contributed by atoms with Crippen LogP contribution in [0.25, 0.3) is 0 Å². The second-order valence-corrected chi connectivity index (χ2v) is 3.57. The fourth-order valence-corrected chi connectivity index (χ4v) is 1.16. The zero-order valence-electron chi connectivity index (χ0n) is 7.44. The normalized spacial score (nSPS) is 15.4. The molecule has 0 aliphatic carbocycles. The maximum Gasteiger partial charge on any atom is 0.0836 e. The fourth-order valence-electron chi connectivity index (χ4n) is 1.03. The molecule has 13 heavy (non-hydrogen) atoms. The van der Waals surface area contributed by atoms with Gasteiger partial charge >= 0.3 is 0 Å². The first-order valence-corrected chi connectivity index (χ1v) is 4.58. The summed E-state index contributed by atoms with van der Waals surface area (Å²) >= 11 is 5.70. The monoisotopic (exact) mass is 200 g/mol.